The van der Waals surface area contributed by atoms with Crippen LogP contribution in [-0.2, 0) is 0 Å². The Labute approximate surface area is 143 Å². The predicted molar refractivity (Wildman–Crippen MR) is 91.6 cm³/mol. The quantitative estimate of drug-likeness (QED) is 0.610. The Morgan fingerprint density at radius 2 is 1.70 bits per heavy atom. The van der Waals surface area contributed by atoms with Gasteiger partial charge >= 0.3 is 0 Å². The van der Waals surface area contributed by atoms with E-state index in [1.54, 1.807) is 12.1 Å². The third-order valence-electron chi connectivity index (χ3n) is 3.15. The van der Waals surface area contributed by atoms with E-state index in [9.17, 15) is 4.39 Å². The van der Waals surface area contributed by atoms with Crippen molar-refractivity contribution in [2.75, 3.05) is 7.05 Å². The molecule has 0 heterocycles. The first-order valence-corrected chi connectivity index (χ1v) is 8.39. The van der Waals surface area contributed by atoms with E-state index in [1.807, 2.05) is 20.0 Å². The molecule has 1 unspecified atom stereocenters. The number of hydrogen-bond acceptors (Lipinski definition) is 1. The van der Waals surface area contributed by atoms with Crippen LogP contribution in [0.25, 0.3) is 0 Å². The fourth-order valence-electron chi connectivity index (χ4n) is 2.08. The van der Waals surface area contributed by atoms with Crippen molar-refractivity contribution in [3.63, 3.8) is 0 Å². The van der Waals surface area contributed by atoms with Crippen molar-refractivity contribution in [2.45, 2.75) is 13.0 Å². The first kappa shape index (κ1) is 16.1. The van der Waals surface area contributed by atoms with E-state index in [-0.39, 0.29) is 11.9 Å². The molecule has 0 saturated carbocycles. The van der Waals surface area contributed by atoms with Gasteiger partial charge in [0.2, 0.25) is 0 Å². The summed E-state index contributed by atoms with van der Waals surface area (Å²) in [6.07, 6.45) is 0. The van der Waals surface area contributed by atoms with Crippen LogP contribution in [0.15, 0.2) is 43.7 Å². The predicted octanol–water partition coefficient (Wildman–Crippen LogP) is 5.73. The molecule has 20 heavy (non-hydrogen) atoms. The van der Waals surface area contributed by atoms with Gasteiger partial charge in [0.15, 0.2) is 0 Å². The summed E-state index contributed by atoms with van der Waals surface area (Å²) in [6.45, 7) is 2.03. The summed E-state index contributed by atoms with van der Waals surface area (Å²) in [5, 5.41) is 3.24. The maximum atomic E-state index is 13.7. The van der Waals surface area contributed by atoms with Crippen LogP contribution in [0, 0.1) is 12.7 Å². The average Bonchev–Trinajstić information content (AvgIpc) is 2.40. The number of hydrogen-bond donors (Lipinski definition) is 1. The zero-order valence-electron chi connectivity index (χ0n) is 11.0. The summed E-state index contributed by atoms with van der Waals surface area (Å²) in [4.78, 5) is 0. The van der Waals surface area contributed by atoms with E-state index in [0.29, 0.717) is 4.47 Å². The van der Waals surface area contributed by atoms with E-state index in [2.05, 4.69) is 65.2 Å². The molecule has 1 N–H and O–H groups in total. The van der Waals surface area contributed by atoms with Crippen molar-refractivity contribution in [1.82, 2.24) is 5.32 Å². The van der Waals surface area contributed by atoms with Crippen molar-refractivity contribution in [2.24, 2.45) is 0 Å². The number of aryl methyl sites for hydroxylation is 1. The monoisotopic (exact) mass is 463 g/mol. The molecule has 0 aliphatic carbocycles. The summed E-state index contributed by atoms with van der Waals surface area (Å²) < 4.78 is 16.2. The highest BCUT2D eigenvalue weighted by Gasteiger charge is 2.17. The zero-order chi connectivity index (χ0) is 14.9. The molecule has 1 atom stereocenters. The van der Waals surface area contributed by atoms with Crippen LogP contribution in [-0.4, -0.2) is 7.05 Å². The highest BCUT2D eigenvalue weighted by Crippen LogP contribution is 2.33. The Morgan fingerprint density at radius 1 is 1.00 bits per heavy atom. The molecule has 0 fully saturated rings. The highest BCUT2D eigenvalue weighted by atomic mass is 79.9. The van der Waals surface area contributed by atoms with Gasteiger partial charge in [-0.15, -0.1) is 0 Å². The van der Waals surface area contributed by atoms with Crippen molar-refractivity contribution < 1.29 is 4.39 Å². The van der Waals surface area contributed by atoms with Crippen molar-refractivity contribution in [3.05, 3.63) is 66.3 Å². The van der Waals surface area contributed by atoms with Gasteiger partial charge in [-0.2, -0.15) is 0 Å². The van der Waals surface area contributed by atoms with Crippen LogP contribution < -0.4 is 5.32 Å². The van der Waals surface area contributed by atoms with Gasteiger partial charge in [-0.05, 0) is 70.9 Å². The molecule has 0 aromatic heterocycles. The van der Waals surface area contributed by atoms with Crippen molar-refractivity contribution in [3.8, 4) is 0 Å². The SMILES string of the molecule is CNC(c1ccc(Br)c(F)c1)c1cc(Br)c(C)cc1Br. The molecule has 1 nitrogen and oxygen atoms in total. The Morgan fingerprint density at radius 3 is 2.30 bits per heavy atom. The van der Waals surface area contributed by atoms with Gasteiger partial charge in [0.05, 0.1) is 10.5 Å². The van der Waals surface area contributed by atoms with Gasteiger partial charge in [0.25, 0.3) is 0 Å². The number of rotatable bonds is 3. The molecule has 0 aliphatic heterocycles. The van der Waals surface area contributed by atoms with Crippen LogP contribution in [0.3, 0.4) is 0 Å². The Balaban J connectivity index is 2.52. The van der Waals surface area contributed by atoms with Crippen molar-refractivity contribution in [1.29, 1.82) is 0 Å². The fourth-order valence-corrected chi connectivity index (χ4v) is 3.37. The van der Waals surface area contributed by atoms with E-state index in [0.717, 1.165) is 25.6 Å². The Bertz CT molecular complexity index is 643. The van der Waals surface area contributed by atoms with Crippen molar-refractivity contribution >= 4 is 47.8 Å². The molecular formula is C15H13Br3FN. The molecule has 106 valence electrons. The lowest BCUT2D eigenvalue weighted by atomic mass is 9.98. The third-order valence-corrected chi connectivity index (χ3v) is 5.34. The molecule has 0 aliphatic rings. The third kappa shape index (κ3) is 3.32. The van der Waals surface area contributed by atoms with Crippen LogP contribution in [0.2, 0.25) is 0 Å². The molecule has 0 spiro atoms. The number of benzene rings is 2. The molecule has 2 aromatic carbocycles. The molecule has 0 saturated heterocycles. The van der Waals surface area contributed by atoms with Crippen LogP contribution >= 0.6 is 47.8 Å². The highest BCUT2D eigenvalue weighted by molar-refractivity contribution is 9.11. The molecule has 0 bridgehead atoms. The maximum Gasteiger partial charge on any atom is 0.137 e. The zero-order valence-corrected chi connectivity index (χ0v) is 15.7. The van der Waals surface area contributed by atoms with Gasteiger partial charge in [-0.3, -0.25) is 0 Å². The van der Waals surface area contributed by atoms with E-state index in [4.69, 9.17) is 0 Å². The minimum absolute atomic E-state index is 0.0797. The topological polar surface area (TPSA) is 12.0 Å². The second kappa shape index (κ2) is 6.69. The largest absolute Gasteiger partial charge is 0.309 e. The van der Waals surface area contributed by atoms with E-state index in [1.165, 1.54) is 0 Å². The van der Waals surface area contributed by atoms with Crippen LogP contribution in [0.4, 0.5) is 4.39 Å². The van der Waals surface area contributed by atoms with E-state index >= 15 is 0 Å². The lowest BCUT2D eigenvalue weighted by Gasteiger charge is -2.20. The maximum absolute atomic E-state index is 13.7. The minimum atomic E-state index is -0.259. The van der Waals surface area contributed by atoms with Crippen LogP contribution in [0.1, 0.15) is 22.7 Å². The first-order valence-electron chi connectivity index (χ1n) is 6.01. The second-order valence-corrected chi connectivity index (χ2v) is 7.08. The van der Waals surface area contributed by atoms with Gasteiger partial charge in [-0.1, -0.05) is 37.9 Å². The minimum Gasteiger partial charge on any atom is -0.309 e. The number of nitrogens with one attached hydrogen (secondary N) is 1. The van der Waals surface area contributed by atoms with Gasteiger partial charge in [-0.25, -0.2) is 4.39 Å². The molecule has 0 radical (unpaired) electrons. The summed E-state index contributed by atoms with van der Waals surface area (Å²) >= 11 is 10.3. The normalized spacial score (nSPS) is 12.5. The standard InChI is InChI=1S/C15H13Br3FN/c1-8-5-13(18)10(7-12(8)17)15(20-2)9-3-4-11(16)14(19)6-9/h3-7,15,20H,1-2H3. The van der Waals surface area contributed by atoms with Gasteiger partial charge in [0.1, 0.15) is 5.82 Å². The average molecular weight is 466 g/mol. The summed E-state index contributed by atoms with van der Waals surface area (Å²) in [7, 11) is 1.87. The summed E-state index contributed by atoms with van der Waals surface area (Å²) in [6, 6.07) is 9.22. The first-order chi connectivity index (χ1) is 9.43. The molecule has 0 amide bonds. The molecule has 2 rings (SSSR count). The second-order valence-electron chi connectivity index (χ2n) is 4.52. The molecule has 5 heteroatoms. The Hall–Kier alpha value is -0.230. The van der Waals surface area contributed by atoms with Crippen LogP contribution in [0.5, 0.6) is 0 Å². The summed E-state index contributed by atoms with van der Waals surface area (Å²) in [5.74, 6) is -0.259. The summed E-state index contributed by atoms with van der Waals surface area (Å²) in [5.41, 5.74) is 3.09. The van der Waals surface area contributed by atoms with E-state index < -0.39 is 0 Å². The lowest BCUT2D eigenvalue weighted by Crippen LogP contribution is -2.18. The Kier molecular flexibility index (Phi) is 5.40. The number of halogens is 4. The molecular weight excluding hydrogens is 453 g/mol. The van der Waals surface area contributed by atoms with Gasteiger partial charge in [0, 0.05) is 8.95 Å². The van der Waals surface area contributed by atoms with Gasteiger partial charge < -0.3 is 5.32 Å². The molecule has 2 aromatic rings. The lowest BCUT2D eigenvalue weighted by molar-refractivity contribution is 0.610. The fraction of sp³-hybridized carbons (Fsp3) is 0.200. The smallest absolute Gasteiger partial charge is 0.137 e.